The van der Waals surface area contributed by atoms with E-state index in [0.717, 1.165) is 0 Å². The van der Waals surface area contributed by atoms with E-state index in [2.05, 4.69) is 5.32 Å². The van der Waals surface area contributed by atoms with Crippen LogP contribution in [0.3, 0.4) is 0 Å². The lowest BCUT2D eigenvalue weighted by atomic mass is 9.91. The van der Waals surface area contributed by atoms with Crippen LogP contribution in [0.25, 0.3) is 0 Å². The molecule has 0 aliphatic carbocycles. The second kappa shape index (κ2) is 7.15. The number of nitrogens with one attached hydrogen (secondary N) is 1. The highest BCUT2D eigenvalue weighted by molar-refractivity contribution is 7.99. The van der Waals surface area contributed by atoms with Gasteiger partial charge in [0.15, 0.2) is 0 Å². The molecule has 120 valence electrons. The number of nitrogens with zero attached hydrogens (tertiary/aromatic N) is 2. The summed E-state index contributed by atoms with van der Waals surface area (Å²) in [6.07, 6.45) is 0.411. The highest BCUT2D eigenvalue weighted by atomic mass is 32.2. The van der Waals surface area contributed by atoms with Gasteiger partial charge >= 0.3 is 0 Å². The van der Waals surface area contributed by atoms with E-state index in [-0.39, 0.29) is 29.7 Å². The summed E-state index contributed by atoms with van der Waals surface area (Å²) in [6.45, 7) is 5.96. The average molecular weight is 315 g/mol. The Balaban J connectivity index is 2.58. The highest BCUT2D eigenvalue weighted by Crippen LogP contribution is 2.26. The van der Waals surface area contributed by atoms with Gasteiger partial charge in [0.25, 0.3) is 0 Å². The van der Waals surface area contributed by atoms with Gasteiger partial charge in [0.2, 0.25) is 17.7 Å². The first-order valence-corrected chi connectivity index (χ1v) is 8.12. The number of hydrogen-bond donors (Lipinski definition) is 1. The third-order valence-electron chi connectivity index (χ3n) is 3.10. The fourth-order valence-corrected chi connectivity index (χ4v) is 3.08. The number of carbonyl (C=O) groups is 3. The van der Waals surface area contributed by atoms with Crippen molar-refractivity contribution in [3.63, 3.8) is 0 Å². The Kier molecular flexibility index (Phi) is 6.07. The van der Waals surface area contributed by atoms with Crippen LogP contribution in [0, 0.1) is 5.41 Å². The SMILES string of the molecule is CN(C)C(=O)CNC(=O)[C@H]1CSCN1C(=O)CC(C)(C)C. The van der Waals surface area contributed by atoms with Crippen molar-refractivity contribution < 1.29 is 14.4 Å². The molecule has 1 aliphatic rings. The van der Waals surface area contributed by atoms with Crippen LogP contribution in [0.4, 0.5) is 0 Å². The molecule has 0 radical (unpaired) electrons. The molecule has 1 N–H and O–H groups in total. The van der Waals surface area contributed by atoms with Gasteiger partial charge in [-0.25, -0.2) is 0 Å². The molecule has 0 unspecified atom stereocenters. The van der Waals surface area contributed by atoms with Gasteiger partial charge in [0.1, 0.15) is 6.04 Å². The molecule has 3 amide bonds. The van der Waals surface area contributed by atoms with Crippen molar-refractivity contribution in [1.29, 1.82) is 0 Å². The van der Waals surface area contributed by atoms with Gasteiger partial charge in [-0.15, -0.1) is 11.8 Å². The second-order valence-electron chi connectivity index (χ2n) is 6.62. The predicted molar refractivity (Wildman–Crippen MR) is 83.7 cm³/mol. The Morgan fingerprint density at radius 2 is 1.90 bits per heavy atom. The molecule has 1 aliphatic heterocycles. The summed E-state index contributed by atoms with van der Waals surface area (Å²) < 4.78 is 0. The third kappa shape index (κ3) is 5.57. The molecule has 0 bridgehead atoms. The summed E-state index contributed by atoms with van der Waals surface area (Å²) in [6, 6.07) is -0.472. The Morgan fingerprint density at radius 1 is 1.29 bits per heavy atom. The topological polar surface area (TPSA) is 69.7 Å². The average Bonchev–Trinajstić information content (AvgIpc) is 2.82. The van der Waals surface area contributed by atoms with Crippen molar-refractivity contribution in [3.05, 3.63) is 0 Å². The molecule has 0 saturated carbocycles. The van der Waals surface area contributed by atoms with Crippen LogP contribution in [-0.4, -0.2) is 65.8 Å². The molecule has 1 rings (SSSR count). The van der Waals surface area contributed by atoms with Crippen molar-refractivity contribution in [2.75, 3.05) is 32.3 Å². The van der Waals surface area contributed by atoms with Crippen LogP contribution in [0.1, 0.15) is 27.2 Å². The van der Waals surface area contributed by atoms with Crippen LogP contribution in [0.5, 0.6) is 0 Å². The van der Waals surface area contributed by atoms with Crippen LogP contribution in [-0.2, 0) is 14.4 Å². The van der Waals surface area contributed by atoms with Gasteiger partial charge in [0.05, 0.1) is 12.4 Å². The number of thioether (sulfide) groups is 1. The summed E-state index contributed by atoms with van der Waals surface area (Å²) in [4.78, 5) is 39.0. The number of hydrogen-bond acceptors (Lipinski definition) is 4. The van der Waals surface area contributed by atoms with Crippen LogP contribution >= 0.6 is 11.8 Å². The molecule has 1 atom stereocenters. The zero-order chi connectivity index (χ0) is 16.2. The van der Waals surface area contributed by atoms with E-state index in [1.165, 1.54) is 4.90 Å². The Bertz CT molecular complexity index is 418. The first-order valence-electron chi connectivity index (χ1n) is 6.97. The van der Waals surface area contributed by atoms with Gasteiger partial charge in [-0.05, 0) is 5.41 Å². The van der Waals surface area contributed by atoms with E-state index < -0.39 is 6.04 Å². The zero-order valence-corrected chi connectivity index (χ0v) is 14.2. The molecule has 0 aromatic rings. The lowest BCUT2D eigenvalue weighted by molar-refractivity contribution is -0.140. The second-order valence-corrected chi connectivity index (χ2v) is 7.62. The molecule has 0 spiro atoms. The van der Waals surface area contributed by atoms with Crippen molar-refractivity contribution in [3.8, 4) is 0 Å². The van der Waals surface area contributed by atoms with Crippen LogP contribution in [0.15, 0.2) is 0 Å². The largest absolute Gasteiger partial charge is 0.347 e. The van der Waals surface area contributed by atoms with Gasteiger partial charge in [0, 0.05) is 26.3 Å². The van der Waals surface area contributed by atoms with E-state index in [4.69, 9.17) is 0 Å². The lowest BCUT2D eigenvalue weighted by Gasteiger charge is -2.26. The number of carbonyl (C=O) groups excluding carboxylic acids is 3. The minimum Gasteiger partial charge on any atom is -0.347 e. The summed E-state index contributed by atoms with van der Waals surface area (Å²) in [5.41, 5.74) is -0.105. The van der Waals surface area contributed by atoms with E-state index in [1.807, 2.05) is 20.8 Å². The molecular weight excluding hydrogens is 290 g/mol. The van der Waals surface area contributed by atoms with Gasteiger partial charge in [-0.1, -0.05) is 20.8 Å². The molecule has 0 aromatic heterocycles. The molecular formula is C14H25N3O3S. The molecule has 1 heterocycles. The number of rotatable bonds is 4. The lowest BCUT2D eigenvalue weighted by Crippen LogP contribution is -2.49. The summed E-state index contributed by atoms with van der Waals surface area (Å²) in [5.74, 6) is 0.692. The smallest absolute Gasteiger partial charge is 0.244 e. The zero-order valence-electron chi connectivity index (χ0n) is 13.4. The van der Waals surface area contributed by atoms with E-state index >= 15 is 0 Å². The first kappa shape index (κ1) is 17.8. The Morgan fingerprint density at radius 3 is 2.43 bits per heavy atom. The van der Waals surface area contributed by atoms with Crippen LogP contribution in [0.2, 0.25) is 0 Å². The van der Waals surface area contributed by atoms with E-state index in [0.29, 0.717) is 18.1 Å². The first-order chi connectivity index (χ1) is 9.61. The molecule has 21 heavy (non-hydrogen) atoms. The van der Waals surface area contributed by atoms with E-state index in [1.54, 1.807) is 30.8 Å². The maximum atomic E-state index is 12.3. The summed E-state index contributed by atoms with van der Waals surface area (Å²) >= 11 is 1.56. The van der Waals surface area contributed by atoms with Gasteiger partial charge in [-0.3, -0.25) is 14.4 Å². The quantitative estimate of drug-likeness (QED) is 0.821. The molecule has 1 saturated heterocycles. The predicted octanol–water partition coefficient (Wildman–Crippen LogP) is 0.529. The molecule has 7 heteroatoms. The molecule has 6 nitrogen and oxygen atoms in total. The van der Waals surface area contributed by atoms with Gasteiger partial charge in [-0.2, -0.15) is 0 Å². The van der Waals surface area contributed by atoms with Crippen molar-refractivity contribution in [2.24, 2.45) is 5.41 Å². The standard InChI is InChI=1S/C14H25N3O3S/c1-14(2,3)6-11(18)17-9-21-8-10(17)13(20)15-7-12(19)16(4)5/h10H,6-9H2,1-5H3,(H,15,20)/t10-/m1/s1. The summed E-state index contributed by atoms with van der Waals surface area (Å²) in [7, 11) is 3.28. The van der Waals surface area contributed by atoms with Gasteiger partial charge < -0.3 is 15.1 Å². The molecule has 0 aromatic carbocycles. The van der Waals surface area contributed by atoms with E-state index in [9.17, 15) is 14.4 Å². The van der Waals surface area contributed by atoms with Crippen molar-refractivity contribution >= 4 is 29.5 Å². The number of likely N-dealkylation sites (N-methyl/N-ethyl adjacent to an activating group) is 1. The fourth-order valence-electron chi connectivity index (χ4n) is 1.90. The minimum absolute atomic E-state index is 0.00779. The maximum absolute atomic E-state index is 12.3. The Hall–Kier alpha value is -1.24. The number of amides is 3. The van der Waals surface area contributed by atoms with Crippen molar-refractivity contribution in [1.82, 2.24) is 15.1 Å². The minimum atomic E-state index is -0.472. The fraction of sp³-hybridized carbons (Fsp3) is 0.786. The van der Waals surface area contributed by atoms with Crippen molar-refractivity contribution in [2.45, 2.75) is 33.2 Å². The normalized spacial score (nSPS) is 18.5. The summed E-state index contributed by atoms with van der Waals surface area (Å²) in [5, 5.41) is 2.62. The Labute approximate surface area is 130 Å². The molecule has 1 fully saturated rings. The highest BCUT2D eigenvalue weighted by Gasteiger charge is 2.35. The van der Waals surface area contributed by atoms with Crippen LogP contribution < -0.4 is 5.32 Å². The monoisotopic (exact) mass is 315 g/mol. The third-order valence-corrected chi connectivity index (χ3v) is 4.11. The maximum Gasteiger partial charge on any atom is 0.244 e.